The molecular formula is C12H9ClN4S. The van der Waals surface area contributed by atoms with Gasteiger partial charge < -0.3 is 0 Å². The van der Waals surface area contributed by atoms with Crippen LogP contribution in [-0.2, 0) is 0 Å². The molecule has 0 spiro atoms. The zero-order chi connectivity index (χ0) is 12.5. The van der Waals surface area contributed by atoms with E-state index in [0.717, 1.165) is 21.9 Å². The molecule has 0 aliphatic carbocycles. The van der Waals surface area contributed by atoms with E-state index in [0.29, 0.717) is 5.15 Å². The summed E-state index contributed by atoms with van der Waals surface area (Å²) in [6, 6.07) is 7.61. The summed E-state index contributed by atoms with van der Waals surface area (Å²) in [6.45, 7) is 0. The van der Waals surface area contributed by atoms with Crippen molar-refractivity contribution < 1.29 is 0 Å². The van der Waals surface area contributed by atoms with Crippen LogP contribution in [0.2, 0.25) is 5.15 Å². The first kappa shape index (κ1) is 11.5. The molecule has 0 saturated heterocycles. The van der Waals surface area contributed by atoms with Crippen molar-refractivity contribution in [3.63, 3.8) is 0 Å². The Morgan fingerprint density at radius 2 is 2.17 bits per heavy atom. The number of halogens is 1. The fraction of sp³-hybridized carbons (Fsp3) is 0.0833. The molecule has 6 heteroatoms. The van der Waals surface area contributed by atoms with Gasteiger partial charge in [-0.15, -0.1) is 0 Å². The number of fused-ring (bicyclic) bond motifs is 1. The molecule has 3 rings (SSSR count). The number of pyridine rings is 1. The maximum atomic E-state index is 5.79. The molecule has 18 heavy (non-hydrogen) atoms. The lowest BCUT2D eigenvalue weighted by molar-refractivity contribution is 0.799. The zero-order valence-corrected chi connectivity index (χ0v) is 11.1. The molecule has 4 nitrogen and oxygen atoms in total. The molecule has 0 amide bonds. The predicted octanol–water partition coefficient (Wildman–Crippen LogP) is 3.17. The van der Waals surface area contributed by atoms with Crippen molar-refractivity contribution in [2.75, 3.05) is 6.26 Å². The van der Waals surface area contributed by atoms with Gasteiger partial charge in [-0.3, -0.25) is 0 Å². The van der Waals surface area contributed by atoms with Crippen molar-refractivity contribution in [3.8, 4) is 11.3 Å². The summed E-state index contributed by atoms with van der Waals surface area (Å²) < 4.78 is 1.82. The van der Waals surface area contributed by atoms with E-state index in [9.17, 15) is 0 Å². The molecule has 0 saturated carbocycles. The van der Waals surface area contributed by atoms with Crippen molar-refractivity contribution in [1.82, 2.24) is 19.6 Å². The first-order chi connectivity index (χ1) is 8.78. The van der Waals surface area contributed by atoms with Crippen LogP contribution >= 0.6 is 23.4 Å². The first-order valence-electron chi connectivity index (χ1n) is 5.28. The molecule has 3 aromatic rings. The lowest BCUT2D eigenvalue weighted by atomic mass is 10.2. The molecule has 0 aliphatic rings. The summed E-state index contributed by atoms with van der Waals surface area (Å²) in [4.78, 5) is 8.65. The predicted molar refractivity (Wildman–Crippen MR) is 73.0 cm³/mol. The van der Waals surface area contributed by atoms with Crippen LogP contribution in [0.1, 0.15) is 0 Å². The average molecular weight is 277 g/mol. The van der Waals surface area contributed by atoms with Crippen LogP contribution < -0.4 is 0 Å². The van der Waals surface area contributed by atoms with Gasteiger partial charge in [-0.1, -0.05) is 23.4 Å². The van der Waals surface area contributed by atoms with Gasteiger partial charge >= 0.3 is 0 Å². The number of hydrogen-bond donors (Lipinski definition) is 0. The molecule has 90 valence electrons. The Morgan fingerprint density at radius 1 is 1.28 bits per heavy atom. The third-order valence-corrected chi connectivity index (χ3v) is 3.41. The Hall–Kier alpha value is -1.59. The lowest BCUT2D eigenvalue weighted by Gasteiger charge is -2.05. The van der Waals surface area contributed by atoms with Crippen LogP contribution in [0.5, 0.6) is 0 Å². The van der Waals surface area contributed by atoms with E-state index in [1.807, 2.05) is 29.0 Å². The van der Waals surface area contributed by atoms with Crippen molar-refractivity contribution in [3.05, 3.63) is 41.8 Å². The lowest BCUT2D eigenvalue weighted by Crippen LogP contribution is -1.97. The normalized spacial score (nSPS) is 11.0. The maximum Gasteiger partial charge on any atom is 0.189 e. The maximum absolute atomic E-state index is 5.79. The van der Waals surface area contributed by atoms with Crippen LogP contribution in [0.4, 0.5) is 0 Å². The zero-order valence-electron chi connectivity index (χ0n) is 9.54. The van der Waals surface area contributed by atoms with Crippen molar-refractivity contribution in [2.24, 2.45) is 0 Å². The molecular weight excluding hydrogens is 268 g/mol. The number of rotatable bonds is 2. The van der Waals surface area contributed by atoms with Crippen molar-refractivity contribution in [1.29, 1.82) is 0 Å². The topological polar surface area (TPSA) is 43.1 Å². The minimum absolute atomic E-state index is 0.481. The van der Waals surface area contributed by atoms with Crippen LogP contribution in [0.25, 0.3) is 16.8 Å². The summed E-state index contributed by atoms with van der Waals surface area (Å²) in [5.74, 6) is 0. The molecule has 0 N–H and O–H groups in total. The van der Waals surface area contributed by atoms with Gasteiger partial charge in [-0.2, -0.15) is 5.10 Å². The second-order valence-electron chi connectivity index (χ2n) is 3.67. The van der Waals surface area contributed by atoms with Gasteiger partial charge in [-0.05, 0) is 30.5 Å². The summed E-state index contributed by atoms with van der Waals surface area (Å²) in [7, 11) is 0. The van der Waals surface area contributed by atoms with Crippen LogP contribution in [0, 0.1) is 0 Å². The second-order valence-corrected chi connectivity index (χ2v) is 4.83. The molecule has 0 bridgehead atoms. The highest BCUT2D eigenvalue weighted by atomic mass is 35.5. The highest BCUT2D eigenvalue weighted by Crippen LogP contribution is 2.23. The summed E-state index contributed by atoms with van der Waals surface area (Å²) in [6.07, 6.45) is 5.47. The van der Waals surface area contributed by atoms with Crippen molar-refractivity contribution in [2.45, 2.75) is 5.16 Å². The third kappa shape index (κ3) is 1.95. The SMILES string of the molecule is CSc1nc(-c2ccc(Cl)nc2)cc2ccnn12. The van der Waals surface area contributed by atoms with E-state index in [-0.39, 0.29) is 0 Å². The number of aromatic nitrogens is 4. The van der Waals surface area contributed by atoms with E-state index in [2.05, 4.69) is 15.1 Å². The molecule has 0 unspecified atom stereocenters. The smallest absolute Gasteiger partial charge is 0.189 e. The van der Waals surface area contributed by atoms with E-state index in [4.69, 9.17) is 11.6 Å². The molecule has 3 aromatic heterocycles. The Bertz CT molecular complexity index is 693. The summed E-state index contributed by atoms with van der Waals surface area (Å²) in [5, 5.41) is 5.57. The molecule has 0 fully saturated rings. The third-order valence-electron chi connectivity index (χ3n) is 2.56. The standard InChI is InChI=1S/C12H9ClN4S/c1-18-12-16-10(6-9-4-5-15-17(9)12)8-2-3-11(13)14-7-8/h2-7H,1H3. The second kappa shape index (κ2) is 4.59. The average Bonchev–Trinajstić information content (AvgIpc) is 2.86. The first-order valence-corrected chi connectivity index (χ1v) is 6.89. The van der Waals surface area contributed by atoms with Gasteiger partial charge in [0.05, 0.1) is 17.4 Å². The van der Waals surface area contributed by atoms with E-state index < -0.39 is 0 Å². The quantitative estimate of drug-likeness (QED) is 0.410. The molecule has 3 heterocycles. The molecule has 0 atom stereocenters. The fourth-order valence-corrected chi connectivity index (χ4v) is 2.34. The van der Waals surface area contributed by atoms with E-state index in [1.54, 1.807) is 30.2 Å². The fourth-order valence-electron chi connectivity index (χ4n) is 1.71. The highest BCUT2D eigenvalue weighted by molar-refractivity contribution is 7.98. The van der Waals surface area contributed by atoms with Crippen molar-refractivity contribution >= 4 is 28.9 Å². The molecule has 0 aromatic carbocycles. The van der Waals surface area contributed by atoms with Crippen LogP contribution in [0.15, 0.2) is 41.8 Å². The van der Waals surface area contributed by atoms with Gasteiger partial charge in [0.15, 0.2) is 5.16 Å². The Morgan fingerprint density at radius 3 is 2.89 bits per heavy atom. The summed E-state index contributed by atoms with van der Waals surface area (Å²) >= 11 is 7.34. The van der Waals surface area contributed by atoms with Crippen LogP contribution in [0.3, 0.4) is 0 Å². The molecule has 0 aliphatic heterocycles. The molecule has 0 radical (unpaired) electrons. The largest absolute Gasteiger partial charge is 0.244 e. The minimum Gasteiger partial charge on any atom is -0.244 e. The Kier molecular flexibility index (Phi) is 2.93. The van der Waals surface area contributed by atoms with Gasteiger partial charge in [-0.25, -0.2) is 14.5 Å². The number of nitrogens with zero attached hydrogens (tertiary/aromatic N) is 4. The Labute approximate surface area is 113 Å². The monoisotopic (exact) mass is 276 g/mol. The summed E-state index contributed by atoms with van der Waals surface area (Å²) in [5.41, 5.74) is 2.83. The van der Waals surface area contributed by atoms with Gasteiger partial charge in [0, 0.05) is 11.8 Å². The van der Waals surface area contributed by atoms with Gasteiger partial charge in [0.2, 0.25) is 0 Å². The van der Waals surface area contributed by atoms with Gasteiger partial charge in [0.25, 0.3) is 0 Å². The Balaban J connectivity index is 2.19. The van der Waals surface area contributed by atoms with Crippen LogP contribution in [-0.4, -0.2) is 25.8 Å². The number of thioether (sulfide) groups is 1. The van der Waals surface area contributed by atoms with E-state index in [1.165, 1.54) is 0 Å². The van der Waals surface area contributed by atoms with E-state index >= 15 is 0 Å². The van der Waals surface area contributed by atoms with Gasteiger partial charge in [0.1, 0.15) is 5.15 Å². The highest BCUT2D eigenvalue weighted by Gasteiger charge is 2.07. The minimum atomic E-state index is 0.481. The number of hydrogen-bond acceptors (Lipinski definition) is 4.